The van der Waals surface area contributed by atoms with Crippen LogP contribution in [0.4, 0.5) is 0 Å². The average molecular weight is 185 g/mol. The second-order valence-corrected chi connectivity index (χ2v) is 4.42. The first-order valence-electron chi connectivity index (χ1n) is 5.63. The maximum absolute atomic E-state index is 9.06. The predicted octanol–water partition coefficient (Wildman–Crippen LogP) is 1.93. The van der Waals surface area contributed by atoms with Gasteiger partial charge in [0.05, 0.1) is 6.61 Å². The molecule has 0 aromatic rings. The van der Waals surface area contributed by atoms with Crippen LogP contribution in [0.3, 0.4) is 0 Å². The lowest BCUT2D eigenvalue weighted by Gasteiger charge is -2.30. The Kier molecular flexibility index (Phi) is 4.74. The van der Waals surface area contributed by atoms with E-state index in [-0.39, 0.29) is 6.61 Å². The molecular weight excluding hydrogens is 162 g/mol. The molecule has 0 aromatic carbocycles. The minimum Gasteiger partial charge on any atom is -0.395 e. The van der Waals surface area contributed by atoms with Crippen molar-refractivity contribution in [2.45, 2.75) is 58.0 Å². The Hall–Kier alpha value is -0.0800. The molecule has 2 heteroatoms. The van der Waals surface area contributed by atoms with Gasteiger partial charge in [0.1, 0.15) is 0 Å². The van der Waals surface area contributed by atoms with E-state index in [0.717, 1.165) is 12.3 Å². The van der Waals surface area contributed by atoms with Crippen molar-refractivity contribution >= 4 is 0 Å². The normalized spacial score (nSPS) is 31.6. The molecule has 1 aliphatic carbocycles. The second kappa shape index (κ2) is 5.61. The van der Waals surface area contributed by atoms with Gasteiger partial charge in [-0.25, -0.2) is 0 Å². The summed E-state index contributed by atoms with van der Waals surface area (Å²) in [5.41, 5.74) is 0. The van der Waals surface area contributed by atoms with Crippen LogP contribution in [0, 0.1) is 5.92 Å². The summed E-state index contributed by atoms with van der Waals surface area (Å²) in [6.45, 7) is 4.73. The first-order valence-corrected chi connectivity index (χ1v) is 5.63. The standard InChI is InChI=1S/C11H23NO/c1-3-10(8-13)12-11-6-4-5-9(2)7-11/h9-13H,3-8H2,1-2H3/t9?,10-,11?/m1/s1. The van der Waals surface area contributed by atoms with Gasteiger partial charge in [0.15, 0.2) is 0 Å². The van der Waals surface area contributed by atoms with Gasteiger partial charge in [-0.1, -0.05) is 26.7 Å². The first-order chi connectivity index (χ1) is 6.26. The summed E-state index contributed by atoms with van der Waals surface area (Å²) in [6, 6.07) is 0.969. The van der Waals surface area contributed by atoms with E-state index in [1.165, 1.54) is 25.7 Å². The van der Waals surface area contributed by atoms with Crippen LogP contribution >= 0.6 is 0 Å². The minimum atomic E-state index is 0.279. The fourth-order valence-electron chi connectivity index (χ4n) is 2.22. The summed E-state index contributed by atoms with van der Waals surface area (Å²) < 4.78 is 0. The maximum Gasteiger partial charge on any atom is 0.0584 e. The maximum atomic E-state index is 9.06. The molecule has 3 atom stereocenters. The van der Waals surface area contributed by atoms with Gasteiger partial charge in [0, 0.05) is 12.1 Å². The highest BCUT2D eigenvalue weighted by Gasteiger charge is 2.20. The third-order valence-electron chi connectivity index (χ3n) is 3.12. The Bertz CT molecular complexity index is 134. The SMILES string of the molecule is CC[C@H](CO)NC1CCCC(C)C1. The van der Waals surface area contributed by atoms with Gasteiger partial charge in [0.2, 0.25) is 0 Å². The number of aliphatic hydroxyl groups excluding tert-OH is 1. The molecule has 0 radical (unpaired) electrons. The molecule has 1 rings (SSSR count). The topological polar surface area (TPSA) is 32.3 Å². The molecule has 78 valence electrons. The Morgan fingerprint density at radius 2 is 2.23 bits per heavy atom. The van der Waals surface area contributed by atoms with E-state index in [0.29, 0.717) is 12.1 Å². The molecule has 13 heavy (non-hydrogen) atoms. The van der Waals surface area contributed by atoms with Crippen LogP contribution in [0.2, 0.25) is 0 Å². The molecule has 2 nitrogen and oxygen atoms in total. The van der Waals surface area contributed by atoms with Crippen molar-refractivity contribution in [3.8, 4) is 0 Å². The molecule has 2 N–H and O–H groups in total. The van der Waals surface area contributed by atoms with Crippen molar-refractivity contribution in [2.75, 3.05) is 6.61 Å². The fraction of sp³-hybridized carbons (Fsp3) is 1.00. The van der Waals surface area contributed by atoms with E-state index in [1.54, 1.807) is 0 Å². The Morgan fingerprint density at radius 3 is 2.77 bits per heavy atom. The molecular formula is C11H23NO. The van der Waals surface area contributed by atoms with E-state index in [9.17, 15) is 0 Å². The lowest BCUT2D eigenvalue weighted by Crippen LogP contribution is -2.42. The Balaban J connectivity index is 2.26. The molecule has 1 aliphatic rings. The van der Waals surface area contributed by atoms with Gasteiger partial charge in [-0.05, 0) is 25.2 Å². The lowest BCUT2D eigenvalue weighted by atomic mass is 9.86. The highest BCUT2D eigenvalue weighted by Crippen LogP contribution is 2.23. The van der Waals surface area contributed by atoms with Crippen LogP contribution in [0.5, 0.6) is 0 Å². The lowest BCUT2D eigenvalue weighted by molar-refractivity contribution is 0.204. The van der Waals surface area contributed by atoms with Gasteiger partial charge in [-0.2, -0.15) is 0 Å². The first kappa shape index (κ1) is 11.0. The smallest absolute Gasteiger partial charge is 0.0584 e. The quantitative estimate of drug-likeness (QED) is 0.701. The third-order valence-corrected chi connectivity index (χ3v) is 3.12. The summed E-state index contributed by atoms with van der Waals surface area (Å²) in [6.07, 6.45) is 6.34. The zero-order chi connectivity index (χ0) is 9.68. The van der Waals surface area contributed by atoms with Crippen molar-refractivity contribution in [1.29, 1.82) is 0 Å². The molecule has 0 aliphatic heterocycles. The molecule has 2 unspecified atom stereocenters. The van der Waals surface area contributed by atoms with E-state index < -0.39 is 0 Å². The van der Waals surface area contributed by atoms with Crippen LogP contribution in [0.25, 0.3) is 0 Å². The molecule has 1 saturated carbocycles. The number of rotatable bonds is 4. The summed E-state index contributed by atoms with van der Waals surface area (Å²) in [4.78, 5) is 0. The monoisotopic (exact) mass is 185 g/mol. The highest BCUT2D eigenvalue weighted by atomic mass is 16.3. The zero-order valence-electron chi connectivity index (χ0n) is 8.92. The Labute approximate surface area is 81.7 Å². The van der Waals surface area contributed by atoms with Crippen molar-refractivity contribution < 1.29 is 5.11 Å². The number of aliphatic hydroxyl groups is 1. The van der Waals surface area contributed by atoms with Crippen molar-refractivity contribution in [3.05, 3.63) is 0 Å². The molecule has 0 heterocycles. The van der Waals surface area contributed by atoms with Crippen LogP contribution in [0.1, 0.15) is 46.0 Å². The molecule has 0 bridgehead atoms. The van der Waals surface area contributed by atoms with E-state index >= 15 is 0 Å². The van der Waals surface area contributed by atoms with E-state index in [4.69, 9.17) is 5.11 Å². The number of hydrogen-bond donors (Lipinski definition) is 2. The van der Waals surface area contributed by atoms with Crippen molar-refractivity contribution in [2.24, 2.45) is 5.92 Å². The zero-order valence-corrected chi connectivity index (χ0v) is 8.92. The van der Waals surface area contributed by atoms with Gasteiger partial charge < -0.3 is 10.4 Å². The van der Waals surface area contributed by atoms with Crippen LogP contribution in [-0.2, 0) is 0 Å². The van der Waals surface area contributed by atoms with E-state index in [2.05, 4.69) is 19.2 Å². The third kappa shape index (κ3) is 3.65. The molecule has 0 aromatic heterocycles. The summed E-state index contributed by atoms with van der Waals surface area (Å²) in [5.74, 6) is 0.863. The van der Waals surface area contributed by atoms with E-state index in [1.807, 2.05) is 0 Å². The van der Waals surface area contributed by atoms with Crippen LogP contribution in [0.15, 0.2) is 0 Å². The minimum absolute atomic E-state index is 0.279. The average Bonchev–Trinajstić information content (AvgIpc) is 2.14. The summed E-state index contributed by atoms with van der Waals surface area (Å²) in [5, 5.41) is 12.6. The summed E-state index contributed by atoms with van der Waals surface area (Å²) in [7, 11) is 0. The molecule has 1 fully saturated rings. The van der Waals surface area contributed by atoms with Crippen LogP contribution in [-0.4, -0.2) is 23.8 Å². The van der Waals surface area contributed by atoms with Gasteiger partial charge in [-0.3, -0.25) is 0 Å². The molecule has 0 amide bonds. The fourth-order valence-corrected chi connectivity index (χ4v) is 2.22. The molecule has 0 saturated heterocycles. The second-order valence-electron chi connectivity index (χ2n) is 4.42. The van der Waals surface area contributed by atoms with Gasteiger partial charge in [-0.15, -0.1) is 0 Å². The van der Waals surface area contributed by atoms with Crippen molar-refractivity contribution in [1.82, 2.24) is 5.32 Å². The number of hydrogen-bond acceptors (Lipinski definition) is 2. The predicted molar refractivity (Wildman–Crippen MR) is 55.7 cm³/mol. The Morgan fingerprint density at radius 1 is 1.46 bits per heavy atom. The van der Waals surface area contributed by atoms with Crippen LogP contribution < -0.4 is 5.32 Å². The molecule has 0 spiro atoms. The van der Waals surface area contributed by atoms with Crippen molar-refractivity contribution in [3.63, 3.8) is 0 Å². The highest BCUT2D eigenvalue weighted by molar-refractivity contribution is 4.78. The van der Waals surface area contributed by atoms with Gasteiger partial charge >= 0.3 is 0 Å². The summed E-state index contributed by atoms with van der Waals surface area (Å²) >= 11 is 0. The van der Waals surface area contributed by atoms with Gasteiger partial charge in [0.25, 0.3) is 0 Å². The largest absolute Gasteiger partial charge is 0.395 e. The number of nitrogens with one attached hydrogen (secondary N) is 1.